The summed E-state index contributed by atoms with van der Waals surface area (Å²) in [5.74, 6) is -7.93. The normalized spacial score (nSPS) is 19.4. The van der Waals surface area contributed by atoms with Gasteiger partial charge in [-0.2, -0.15) is 0 Å². The zero-order valence-corrected chi connectivity index (χ0v) is 23.6. The van der Waals surface area contributed by atoms with Gasteiger partial charge in [0.25, 0.3) is 0 Å². The van der Waals surface area contributed by atoms with Gasteiger partial charge < -0.3 is 25.5 Å². The first-order valence-electron chi connectivity index (χ1n) is 11.7. The third kappa shape index (κ3) is 5.38. The lowest BCUT2D eigenvalue weighted by Crippen LogP contribution is -2.85. The van der Waals surface area contributed by atoms with Crippen LogP contribution in [-0.2, 0) is 24.0 Å². The summed E-state index contributed by atoms with van der Waals surface area (Å²) in [6, 6.07) is 0. The molecule has 208 valence electrons. The second-order valence-electron chi connectivity index (χ2n) is 13.5. The molecule has 5 N–H and O–H groups in total. The van der Waals surface area contributed by atoms with Gasteiger partial charge in [-0.25, -0.2) is 0 Å². The fourth-order valence-electron chi connectivity index (χ4n) is 3.90. The number of aliphatic hydroxyl groups is 5. The van der Waals surface area contributed by atoms with Crippen LogP contribution in [0.5, 0.6) is 0 Å². The molecular formula is C26H44O10. The molecule has 36 heavy (non-hydrogen) atoms. The minimum Gasteiger partial charge on any atom is -0.394 e. The highest BCUT2D eigenvalue weighted by Gasteiger charge is 2.79. The first-order valence-corrected chi connectivity index (χ1v) is 11.7. The maximum Gasteiger partial charge on any atom is 0.241 e. The van der Waals surface area contributed by atoms with Crippen LogP contribution in [0.15, 0.2) is 0 Å². The van der Waals surface area contributed by atoms with Gasteiger partial charge in [0.15, 0.2) is 23.0 Å². The van der Waals surface area contributed by atoms with Crippen molar-refractivity contribution in [1.82, 2.24) is 0 Å². The highest BCUT2D eigenvalue weighted by atomic mass is 16.4. The highest BCUT2D eigenvalue weighted by molar-refractivity contribution is 6.48. The number of rotatable bonds is 9. The Kier molecular flexibility index (Phi) is 9.29. The molecule has 0 saturated heterocycles. The van der Waals surface area contributed by atoms with Crippen LogP contribution in [0.2, 0.25) is 0 Å². The second-order valence-corrected chi connectivity index (χ2v) is 13.5. The molecule has 10 heteroatoms. The minimum absolute atomic E-state index is 1.21. The van der Waals surface area contributed by atoms with Crippen molar-refractivity contribution in [2.45, 2.75) is 106 Å². The maximum atomic E-state index is 13.9. The second kappa shape index (κ2) is 9.79. The molecule has 0 heterocycles. The largest absolute Gasteiger partial charge is 0.394 e. The van der Waals surface area contributed by atoms with Crippen molar-refractivity contribution < 1.29 is 49.5 Å². The van der Waals surface area contributed by atoms with E-state index in [4.69, 9.17) is 0 Å². The lowest BCUT2D eigenvalue weighted by molar-refractivity contribution is -0.255. The van der Waals surface area contributed by atoms with E-state index in [0.717, 1.165) is 0 Å². The highest BCUT2D eigenvalue weighted by Crippen LogP contribution is 2.48. The van der Waals surface area contributed by atoms with Crippen LogP contribution in [-0.4, -0.2) is 84.0 Å². The molecule has 0 bridgehead atoms. The number of ketones is 5. The quantitative estimate of drug-likeness (QED) is 0.214. The van der Waals surface area contributed by atoms with Gasteiger partial charge in [-0.3, -0.25) is 24.0 Å². The summed E-state index contributed by atoms with van der Waals surface area (Å²) >= 11 is 0. The van der Waals surface area contributed by atoms with E-state index < -0.39 is 80.1 Å². The van der Waals surface area contributed by atoms with Gasteiger partial charge in [-0.15, -0.1) is 0 Å². The monoisotopic (exact) mass is 516 g/mol. The molecule has 0 aliphatic rings. The van der Waals surface area contributed by atoms with Crippen LogP contribution in [0.25, 0.3) is 0 Å². The smallest absolute Gasteiger partial charge is 0.241 e. The van der Waals surface area contributed by atoms with Crippen LogP contribution < -0.4 is 0 Å². The van der Waals surface area contributed by atoms with E-state index in [9.17, 15) is 49.5 Å². The number of Topliss-reactive ketones (excluding diaryl/α,β-unsaturated/α-hetero) is 5. The van der Waals surface area contributed by atoms with Gasteiger partial charge in [0, 0.05) is 21.7 Å². The van der Waals surface area contributed by atoms with Crippen molar-refractivity contribution in [3.8, 4) is 0 Å². The summed E-state index contributed by atoms with van der Waals surface area (Å²) in [5.41, 5.74) is -18.6. The molecular weight excluding hydrogens is 472 g/mol. The summed E-state index contributed by atoms with van der Waals surface area (Å²) in [7, 11) is 0. The number of carbonyl (C=O) groups is 5. The average molecular weight is 517 g/mol. The molecule has 0 aliphatic carbocycles. The molecule has 10 nitrogen and oxygen atoms in total. The number of carbonyl (C=O) groups excluding carboxylic acids is 5. The van der Waals surface area contributed by atoms with Crippen LogP contribution >= 0.6 is 0 Å². The summed E-state index contributed by atoms with van der Waals surface area (Å²) in [5, 5.41) is 56.5. The predicted molar refractivity (Wildman–Crippen MR) is 131 cm³/mol. The SMILES string of the molecule is CC(C)(C)C(=O)C(=O)[C@@](O)(C(=O)C(C)(C)C)[C@](O)(C(=O)C(C)(C)C)[C@@](O)(C(=O)C(C)(C)C)[C@H](O)CO. The number of hydrogen-bond acceptors (Lipinski definition) is 10. The van der Waals surface area contributed by atoms with Crippen molar-refractivity contribution >= 4 is 28.9 Å². The standard InChI is InChI=1S/C26H44O10/c1-20(2,3)15(29)16(30)25(35,18(32)22(7,8)9)26(36,19(33)23(10,11)12)24(34,14(28)13-27)17(31)21(4,5)6/h14,27-28,34-36H,13H2,1-12H3/t14-,24+,25-,26+/m1/s1. The van der Waals surface area contributed by atoms with E-state index >= 15 is 0 Å². The molecule has 0 fully saturated rings. The molecule has 0 radical (unpaired) electrons. The van der Waals surface area contributed by atoms with Gasteiger partial charge in [-0.1, -0.05) is 83.1 Å². The Hall–Kier alpha value is -1.85. The van der Waals surface area contributed by atoms with Crippen molar-refractivity contribution in [3.05, 3.63) is 0 Å². The predicted octanol–water partition coefficient (Wildman–Crippen LogP) is 0.563. The first-order chi connectivity index (χ1) is 15.5. The van der Waals surface area contributed by atoms with Crippen molar-refractivity contribution in [2.24, 2.45) is 21.7 Å². The van der Waals surface area contributed by atoms with E-state index in [1.807, 2.05) is 0 Å². The topological polar surface area (TPSA) is 186 Å². The molecule has 0 unspecified atom stereocenters. The zero-order chi connectivity index (χ0) is 29.7. The van der Waals surface area contributed by atoms with Gasteiger partial charge >= 0.3 is 0 Å². The third-order valence-electron chi connectivity index (χ3n) is 5.99. The Morgan fingerprint density at radius 1 is 0.556 bits per heavy atom. The van der Waals surface area contributed by atoms with Crippen molar-refractivity contribution in [1.29, 1.82) is 0 Å². The summed E-state index contributed by atoms with van der Waals surface area (Å²) < 4.78 is 0. The molecule has 0 saturated carbocycles. The summed E-state index contributed by atoms with van der Waals surface area (Å²) in [6.45, 7) is 13.5. The summed E-state index contributed by atoms with van der Waals surface area (Å²) in [6.07, 6.45) is -2.66. The zero-order valence-electron chi connectivity index (χ0n) is 23.6. The van der Waals surface area contributed by atoms with Crippen LogP contribution in [0, 0.1) is 21.7 Å². The molecule has 0 rings (SSSR count). The first kappa shape index (κ1) is 34.1. The minimum atomic E-state index is -4.10. The Balaban J connectivity index is 8.40. The van der Waals surface area contributed by atoms with Crippen molar-refractivity contribution in [2.75, 3.05) is 6.61 Å². The fourth-order valence-corrected chi connectivity index (χ4v) is 3.90. The maximum absolute atomic E-state index is 13.9. The number of aliphatic hydroxyl groups excluding tert-OH is 2. The van der Waals surface area contributed by atoms with Crippen LogP contribution in [0.1, 0.15) is 83.1 Å². The molecule has 0 aromatic rings. The third-order valence-corrected chi connectivity index (χ3v) is 5.99. The molecule has 0 spiro atoms. The number of hydrogen-bond donors (Lipinski definition) is 5. The molecule has 0 aliphatic heterocycles. The van der Waals surface area contributed by atoms with E-state index in [-0.39, 0.29) is 0 Å². The van der Waals surface area contributed by atoms with Gasteiger partial charge in [0.1, 0.15) is 6.10 Å². The van der Waals surface area contributed by atoms with Gasteiger partial charge in [0.05, 0.1) is 6.61 Å². The van der Waals surface area contributed by atoms with E-state index in [2.05, 4.69) is 0 Å². The Morgan fingerprint density at radius 3 is 1.14 bits per heavy atom. The fraction of sp³-hybridized carbons (Fsp3) is 0.808. The molecule has 4 atom stereocenters. The van der Waals surface area contributed by atoms with Crippen molar-refractivity contribution in [3.63, 3.8) is 0 Å². The lowest BCUT2D eigenvalue weighted by atomic mass is 9.53. The lowest BCUT2D eigenvalue weighted by Gasteiger charge is -2.54. The van der Waals surface area contributed by atoms with E-state index in [1.54, 1.807) is 0 Å². The molecule has 0 aromatic heterocycles. The van der Waals surface area contributed by atoms with E-state index in [1.165, 1.54) is 83.1 Å². The Bertz CT molecular complexity index is 922. The van der Waals surface area contributed by atoms with Crippen LogP contribution in [0.4, 0.5) is 0 Å². The van der Waals surface area contributed by atoms with Gasteiger partial charge in [-0.05, 0) is 0 Å². The van der Waals surface area contributed by atoms with E-state index in [0.29, 0.717) is 0 Å². The Morgan fingerprint density at radius 2 is 0.889 bits per heavy atom. The average Bonchev–Trinajstić information content (AvgIpc) is 2.70. The summed E-state index contributed by atoms with van der Waals surface area (Å²) in [4.78, 5) is 68.1. The Labute approximate surface area is 213 Å². The van der Waals surface area contributed by atoms with Gasteiger partial charge in [0.2, 0.25) is 22.8 Å². The molecule has 0 amide bonds. The molecule has 0 aromatic carbocycles. The van der Waals surface area contributed by atoms with Crippen LogP contribution in [0.3, 0.4) is 0 Å².